The quantitative estimate of drug-likeness (QED) is 0.844. The maximum absolute atomic E-state index is 12.7. The first-order chi connectivity index (χ1) is 9.66. The second-order valence-electron chi connectivity index (χ2n) is 4.45. The molecular weight excluding hydrogens is 325 g/mol. The molecule has 0 fully saturated rings. The predicted octanol–water partition coefficient (Wildman–Crippen LogP) is 4.40. The van der Waals surface area contributed by atoms with Gasteiger partial charge in [0.2, 0.25) is 5.28 Å². The lowest BCUT2D eigenvalue weighted by molar-refractivity contribution is -0.141. The van der Waals surface area contributed by atoms with Crippen molar-refractivity contribution in [3.8, 4) is 0 Å². The van der Waals surface area contributed by atoms with Crippen molar-refractivity contribution in [3.05, 3.63) is 32.6 Å². The van der Waals surface area contributed by atoms with Crippen molar-refractivity contribution in [2.45, 2.75) is 33.0 Å². The van der Waals surface area contributed by atoms with E-state index >= 15 is 0 Å². The normalized spacial score (nSPS) is 13.3. The highest BCUT2D eigenvalue weighted by atomic mass is 35.5. The van der Waals surface area contributed by atoms with Crippen molar-refractivity contribution in [3.63, 3.8) is 0 Å². The van der Waals surface area contributed by atoms with Gasteiger partial charge in [0.1, 0.15) is 5.82 Å². The molecule has 0 saturated carbocycles. The molecule has 1 N–H and O–H groups in total. The summed E-state index contributed by atoms with van der Waals surface area (Å²) in [7, 11) is 0. The topological polar surface area (TPSA) is 50.7 Å². The molecule has 0 aliphatic carbocycles. The number of anilines is 1. The van der Waals surface area contributed by atoms with Gasteiger partial charge in [0, 0.05) is 10.9 Å². The number of thiazole rings is 1. The number of aromatic nitrogens is 3. The Labute approximate surface area is 128 Å². The van der Waals surface area contributed by atoms with Crippen LogP contribution >= 0.6 is 22.9 Å². The van der Waals surface area contributed by atoms with Crippen molar-refractivity contribution in [1.82, 2.24) is 15.0 Å². The van der Waals surface area contributed by atoms with Gasteiger partial charge in [-0.3, -0.25) is 0 Å². The molecule has 1 unspecified atom stereocenters. The molecule has 21 heavy (non-hydrogen) atoms. The average Bonchev–Trinajstić information content (AvgIpc) is 2.66. The van der Waals surface area contributed by atoms with Gasteiger partial charge in [-0.15, -0.1) is 11.3 Å². The first-order valence-corrected chi connectivity index (χ1v) is 7.18. The van der Waals surface area contributed by atoms with E-state index in [4.69, 9.17) is 11.6 Å². The molecule has 2 aromatic rings. The number of halogens is 4. The fourth-order valence-electron chi connectivity index (χ4n) is 1.87. The Balaban J connectivity index is 2.27. The lowest BCUT2D eigenvalue weighted by atomic mass is 10.2. The van der Waals surface area contributed by atoms with Crippen LogP contribution in [0.3, 0.4) is 0 Å². The number of hydrogen-bond acceptors (Lipinski definition) is 5. The van der Waals surface area contributed by atoms with Crippen molar-refractivity contribution >= 4 is 28.8 Å². The highest BCUT2D eigenvalue weighted by Crippen LogP contribution is 2.31. The molecule has 2 rings (SSSR count). The lowest BCUT2D eigenvalue weighted by Crippen LogP contribution is -2.13. The van der Waals surface area contributed by atoms with Gasteiger partial charge >= 0.3 is 6.18 Å². The van der Waals surface area contributed by atoms with Crippen molar-refractivity contribution in [2.75, 3.05) is 5.32 Å². The van der Waals surface area contributed by atoms with E-state index in [9.17, 15) is 13.2 Å². The monoisotopic (exact) mass is 336 g/mol. The Bertz CT molecular complexity index is 656. The van der Waals surface area contributed by atoms with Crippen LogP contribution in [0.25, 0.3) is 0 Å². The van der Waals surface area contributed by atoms with Crippen LogP contribution in [0.1, 0.15) is 34.2 Å². The van der Waals surface area contributed by atoms with E-state index in [2.05, 4.69) is 20.3 Å². The Morgan fingerprint density at radius 1 is 1.24 bits per heavy atom. The molecule has 0 aliphatic rings. The van der Waals surface area contributed by atoms with E-state index in [0.717, 1.165) is 21.6 Å². The van der Waals surface area contributed by atoms with E-state index in [1.54, 1.807) is 0 Å². The van der Waals surface area contributed by atoms with Gasteiger partial charge < -0.3 is 5.32 Å². The minimum Gasteiger partial charge on any atom is -0.363 e. The number of alkyl halides is 3. The lowest BCUT2D eigenvalue weighted by Gasteiger charge is -2.15. The molecule has 0 amide bonds. The van der Waals surface area contributed by atoms with Crippen LogP contribution in [0.2, 0.25) is 5.28 Å². The van der Waals surface area contributed by atoms with Crippen molar-refractivity contribution in [2.24, 2.45) is 0 Å². The van der Waals surface area contributed by atoms with Crippen LogP contribution in [0, 0.1) is 13.8 Å². The minimum absolute atomic E-state index is 0.0280. The summed E-state index contributed by atoms with van der Waals surface area (Å²) in [5, 5.41) is 3.35. The van der Waals surface area contributed by atoms with Gasteiger partial charge in [0.05, 0.1) is 16.7 Å². The number of nitrogens with zero attached hydrogens (tertiary/aromatic N) is 3. The van der Waals surface area contributed by atoms with Crippen LogP contribution in [-0.4, -0.2) is 15.0 Å². The molecule has 2 aromatic heterocycles. The molecule has 4 nitrogen and oxygen atoms in total. The number of hydrogen-bond donors (Lipinski definition) is 1. The molecule has 114 valence electrons. The van der Waals surface area contributed by atoms with Gasteiger partial charge in [0.15, 0.2) is 5.69 Å². The maximum atomic E-state index is 12.7. The zero-order valence-corrected chi connectivity index (χ0v) is 13.0. The van der Waals surface area contributed by atoms with E-state index in [0.29, 0.717) is 0 Å². The first kappa shape index (κ1) is 16.0. The van der Waals surface area contributed by atoms with Crippen LogP contribution in [0.15, 0.2) is 6.07 Å². The Hall–Kier alpha value is -1.41. The van der Waals surface area contributed by atoms with Crippen LogP contribution < -0.4 is 5.32 Å². The van der Waals surface area contributed by atoms with E-state index in [1.807, 2.05) is 20.8 Å². The first-order valence-electron chi connectivity index (χ1n) is 5.99. The minimum atomic E-state index is -4.57. The molecular formula is C12H12ClF3N4S. The molecule has 0 spiro atoms. The van der Waals surface area contributed by atoms with E-state index < -0.39 is 17.2 Å². The summed E-state index contributed by atoms with van der Waals surface area (Å²) >= 11 is 7.03. The molecule has 0 aromatic carbocycles. The molecule has 0 bridgehead atoms. The van der Waals surface area contributed by atoms with Gasteiger partial charge in [-0.1, -0.05) is 0 Å². The van der Waals surface area contributed by atoms with E-state index in [1.165, 1.54) is 11.3 Å². The molecule has 0 aliphatic heterocycles. The van der Waals surface area contributed by atoms with Gasteiger partial charge in [-0.2, -0.15) is 13.2 Å². The molecule has 9 heteroatoms. The second-order valence-corrected chi connectivity index (χ2v) is 6.03. The summed E-state index contributed by atoms with van der Waals surface area (Å²) in [6.45, 7) is 5.55. The number of nitrogens with one attached hydrogen (secondary N) is 1. The van der Waals surface area contributed by atoms with Gasteiger partial charge in [0.25, 0.3) is 0 Å². The zero-order chi connectivity index (χ0) is 15.8. The maximum Gasteiger partial charge on any atom is 0.433 e. The summed E-state index contributed by atoms with van der Waals surface area (Å²) < 4.78 is 38.1. The Morgan fingerprint density at radius 2 is 1.90 bits per heavy atom. The van der Waals surface area contributed by atoms with Crippen LogP contribution in [0.5, 0.6) is 0 Å². The number of rotatable bonds is 3. The molecule has 1 atom stereocenters. The summed E-state index contributed by atoms with van der Waals surface area (Å²) in [5.41, 5.74) is -0.233. The summed E-state index contributed by atoms with van der Waals surface area (Å²) in [5.74, 6) is 0.0280. The highest BCUT2D eigenvalue weighted by molar-refractivity contribution is 7.11. The third-order valence-electron chi connectivity index (χ3n) is 2.69. The summed E-state index contributed by atoms with van der Waals surface area (Å²) in [4.78, 5) is 12.2. The van der Waals surface area contributed by atoms with Gasteiger partial charge in [-0.25, -0.2) is 15.0 Å². The highest BCUT2D eigenvalue weighted by Gasteiger charge is 2.33. The van der Waals surface area contributed by atoms with E-state index in [-0.39, 0.29) is 11.9 Å². The fourth-order valence-corrected chi connectivity index (χ4v) is 2.99. The molecule has 2 heterocycles. The second kappa shape index (κ2) is 5.76. The summed E-state index contributed by atoms with van der Waals surface area (Å²) in [6, 6.07) is 0.606. The Morgan fingerprint density at radius 3 is 2.43 bits per heavy atom. The third kappa shape index (κ3) is 3.82. The van der Waals surface area contributed by atoms with Gasteiger partial charge in [-0.05, 0) is 32.4 Å². The molecule has 0 saturated heterocycles. The van der Waals surface area contributed by atoms with Crippen LogP contribution in [-0.2, 0) is 6.18 Å². The third-order valence-corrected chi connectivity index (χ3v) is 4.11. The fraction of sp³-hybridized carbons (Fsp3) is 0.417. The largest absolute Gasteiger partial charge is 0.433 e. The standard InChI is InChI=1S/C12H12ClF3N4S/c1-5-10(21-7(3)17-5)6(2)18-9-4-8(12(14,15)16)19-11(13)20-9/h4,6H,1-3H3,(H,18,19,20). The average molecular weight is 337 g/mol. The Kier molecular flexibility index (Phi) is 4.38. The van der Waals surface area contributed by atoms with Crippen LogP contribution in [0.4, 0.5) is 19.0 Å². The SMILES string of the molecule is Cc1nc(C)c(C(C)Nc2cc(C(F)(F)F)nc(Cl)n2)s1. The predicted molar refractivity (Wildman–Crippen MR) is 75.7 cm³/mol. The zero-order valence-electron chi connectivity index (χ0n) is 11.4. The molecule has 0 radical (unpaired) electrons. The van der Waals surface area contributed by atoms with Crippen molar-refractivity contribution in [1.29, 1.82) is 0 Å². The van der Waals surface area contributed by atoms with Crippen molar-refractivity contribution < 1.29 is 13.2 Å². The smallest absolute Gasteiger partial charge is 0.363 e. The number of aryl methyl sites for hydroxylation is 2. The summed E-state index contributed by atoms with van der Waals surface area (Å²) in [6.07, 6.45) is -4.57.